The number of nitrogens with one attached hydrogen (secondary N) is 1. The van der Waals surface area contributed by atoms with E-state index in [9.17, 15) is 4.79 Å². The molecule has 1 N–H and O–H groups in total. The Kier molecular flexibility index (Phi) is 7.30. The molecule has 0 radical (unpaired) electrons. The van der Waals surface area contributed by atoms with Crippen LogP contribution in [0.1, 0.15) is 42.8 Å². The molecule has 2 saturated heterocycles. The predicted molar refractivity (Wildman–Crippen MR) is 149 cm³/mol. The third kappa shape index (κ3) is 5.14. The first-order valence-corrected chi connectivity index (χ1v) is 13.8. The van der Waals surface area contributed by atoms with Crippen molar-refractivity contribution in [3.05, 3.63) is 75.8 Å². The van der Waals surface area contributed by atoms with Crippen LogP contribution in [-0.4, -0.2) is 76.1 Å². The normalized spacial score (nSPS) is 19.0. The van der Waals surface area contributed by atoms with Crippen LogP contribution in [0.3, 0.4) is 0 Å². The van der Waals surface area contributed by atoms with Gasteiger partial charge in [0.05, 0.1) is 25.4 Å². The molecule has 2 aliphatic heterocycles. The lowest BCUT2D eigenvalue weighted by molar-refractivity contribution is 0.0906. The third-order valence-corrected chi connectivity index (χ3v) is 7.95. The molecule has 6 rings (SSSR count). The summed E-state index contributed by atoms with van der Waals surface area (Å²) in [6, 6.07) is 15.9. The summed E-state index contributed by atoms with van der Waals surface area (Å²) in [6.07, 6.45) is 3.04. The summed E-state index contributed by atoms with van der Waals surface area (Å²) in [5, 5.41) is 13.9. The molecule has 4 aromatic rings. The van der Waals surface area contributed by atoms with Gasteiger partial charge in [-0.25, -0.2) is 4.68 Å². The van der Waals surface area contributed by atoms with E-state index in [2.05, 4.69) is 55.4 Å². The maximum Gasteiger partial charge on any atom is 0.253 e. The van der Waals surface area contributed by atoms with Gasteiger partial charge in [0.25, 0.3) is 5.56 Å². The molecule has 2 aromatic heterocycles. The summed E-state index contributed by atoms with van der Waals surface area (Å²) in [4.78, 5) is 21.4. The highest BCUT2D eigenvalue weighted by Crippen LogP contribution is 2.32. The molecule has 2 atom stereocenters. The minimum Gasteiger partial charge on any atom is -0.495 e. The SMILES string of the molecule is CCc1ccc2[nH]c(=O)c([C@H](c3nnnn3C[C@H]3CCCO3)N3CCN(c4ccccc4OC)CC3)cc2c1. The molecule has 2 aliphatic rings. The van der Waals surface area contributed by atoms with Gasteiger partial charge >= 0.3 is 0 Å². The highest BCUT2D eigenvalue weighted by Gasteiger charge is 2.34. The zero-order chi connectivity index (χ0) is 26.8. The van der Waals surface area contributed by atoms with Crippen molar-refractivity contribution in [2.24, 2.45) is 0 Å². The van der Waals surface area contributed by atoms with Crippen LogP contribution in [0.2, 0.25) is 0 Å². The van der Waals surface area contributed by atoms with Crippen LogP contribution in [0.15, 0.2) is 53.3 Å². The van der Waals surface area contributed by atoms with Crippen LogP contribution < -0.4 is 15.2 Å². The first kappa shape index (κ1) is 25.5. The summed E-state index contributed by atoms with van der Waals surface area (Å²) in [6.45, 7) is 6.53. The van der Waals surface area contributed by atoms with E-state index in [-0.39, 0.29) is 17.7 Å². The van der Waals surface area contributed by atoms with Crippen LogP contribution in [0.5, 0.6) is 5.75 Å². The summed E-state index contributed by atoms with van der Waals surface area (Å²) >= 11 is 0. The Labute approximate surface area is 227 Å². The quantitative estimate of drug-likeness (QED) is 0.372. The van der Waals surface area contributed by atoms with Crippen molar-refractivity contribution in [3.63, 3.8) is 0 Å². The number of aryl methyl sites for hydroxylation is 1. The van der Waals surface area contributed by atoms with Crippen LogP contribution in [-0.2, 0) is 17.7 Å². The number of anilines is 1. The smallest absolute Gasteiger partial charge is 0.253 e. The largest absolute Gasteiger partial charge is 0.495 e. The minimum atomic E-state index is -0.389. The Hall–Kier alpha value is -3.76. The van der Waals surface area contributed by atoms with Gasteiger partial charge in [0.2, 0.25) is 0 Å². The molecule has 0 bridgehead atoms. The number of hydrogen-bond donors (Lipinski definition) is 1. The van der Waals surface area contributed by atoms with Gasteiger partial charge in [-0.3, -0.25) is 9.69 Å². The Morgan fingerprint density at radius 1 is 1.13 bits per heavy atom. The second-order valence-corrected chi connectivity index (χ2v) is 10.3. The van der Waals surface area contributed by atoms with E-state index in [0.29, 0.717) is 17.9 Å². The molecule has 0 saturated carbocycles. The fraction of sp³-hybridized carbons (Fsp3) is 0.448. The van der Waals surface area contributed by atoms with Gasteiger partial charge in [-0.2, -0.15) is 0 Å². The van der Waals surface area contributed by atoms with Crippen molar-refractivity contribution < 1.29 is 9.47 Å². The number of tetrazole rings is 1. The number of hydrogen-bond acceptors (Lipinski definition) is 8. The zero-order valence-corrected chi connectivity index (χ0v) is 22.5. The number of aromatic amines is 1. The molecule has 0 amide bonds. The van der Waals surface area contributed by atoms with Gasteiger partial charge in [-0.05, 0) is 71.0 Å². The van der Waals surface area contributed by atoms with E-state index in [4.69, 9.17) is 9.47 Å². The third-order valence-electron chi connectivity index (χ3n) is 7.95. The van der Waals surface area contributed by atoms with Crippen LogP contribution in [0.4, 0.5) is 5.69 Å². The molecule has 2 fully saturated rings. The Balaban J connectivity index is 1.37. The topological polar surface area (TPSA) is 101 Å². The number of rotatable bonds is 8. The fourth-order valence-corrected chi connectivity index (χ4v) is 5.83. The number of nitrogens with zero attached hydrogens (tertiary/aromatic N) is 6. The number of aromatic nitrogens is 5. The van der Waals surface area contributed by atoms with E-state index in [1.165, 1.54) is 5.56 Å². The first-order valence-electron chi connectivity index (χ1n) is 13.8. The van der Waals surface area contributed by atoms with Crippen LogP contribution >= 0.6 is 0 Å². The van der Waals surface area contributed by atoms with E-state index >= 15 is 0 Å². The van der Waals surface area contributed by atoms with Crippen molar-refractivity contribution in [3.8, 4) is 5.75 Å². The molecule has 4 heterocycles. The standard InChI is InChI=1S/C29H35N7O3/c1-3-20-10-11-24-21(17-20)18-23(29(37)30-24)27(28-31-32-33-36(28)19-22-7-6-16-39-22)35-14-12-34(13-15-35)25-8-4-5-9-26(25)38-2/h4-5,8-11,17-18,22,27H,3,6-7,12-16,19H2,1-2H3,(H,30,37)/t22-,27-/m1/s1. The van der Waals surface area contributed by atoms with E-state index in [1.807, 2.05) is 35.0 Å². The van der Waals surface area contributed by atoms with Gasteiger partial charge in [0.1, 0.15) is 11.8 Å². The Morgan fingerprint density at radius 3 is 2.74 bits per heavy atom. The maximum atomic E-state index is 13.6. The van der Waals surface area contributed by atoms with Gasteiger partial charge in [0.15, 0.2) is 5.82 Å². The van der Waals surface area contributed by atoms with E-state index < -0.39 is 0 Å². The highest BCUT2D eigenvalue weighted by atomic mass is 16.5. The summed E-state index contributed by atoms with van der Waals surface area (Å²) < 4.78 is 13.3. The average Bonchev–Trinajstić information content (AvgIpc) is 3.66. The molecule has 204 valence electrons. The minimum absolute atomic E-state index is 0.0808. The number of benzene rings is 2. The lowest BCUT2D eigenvalue weighted by Gasteiger charge is -2.40. The molecular weight excluding hydrogens is 494 g/mol. The van der Waals surface area contributed by atoms with Gasteiger partial charge in [-0.1, -0.05) is 25.1 Å². The Bertz CT molecular complexity index is 1490. The van der Waals surface area contributed by atoms with Gasteiger partial charge in [-0.15, -0.1) is 5.10 Å². The second-order valence-electron chi connectivity index (χ2n) is 10.3. The van der Waals surface area contributed by atoms with E-state index in [0.717, 1.165) is 74.4 Å². The zero-order valence-electron chi connectivity index (χ0n) is 22.5. The van der Waals surface area contributed by atoms with Crippen LogP contribution in [0.25, 0.3) is 10.9 Å². The monoisotopic (exact) mass is 529 g/mol. The molecule has 10 nitrogen and oxygen atoms in total. The molecule has 2 aromatic carbocycles. The molecule has 39 heavy (non-hydrogen) atoms. The molecule has 0 unspecified atom stereocenters. The lowest BCUT2D eigenvalue weighted by atomic mass is 10.0. The van der Waals surface area contributed by atoms with Crippen molar-refractivity contribution in [1.29, 1.82) is 0 Å². The molecule has 0 spiro atoms. The number of ether oxygens (including phenoxy) is 2. The van der Waals surface area contributed by atoms with E-state index in [1.54, 1.807) is 7.11 Å². The van der Waals surface area contributed by atoms with Crippen molar-refractivity contribution in [2.75, 3.05) is 44.8 Å². The predicted octanol–water partition coefficient (Wildman–Crippen LogP) is 3.18. The molecular formula is C29H35N7O3. The summed E-state index contributed by atoms with van der Waals surface area (Å²) in [7, 11) is 1.70. The van der Waals surface area contributed by atoms with Crippen molar-refractivity contribution in [1.82, 2.24) is 30.1 Å². The number of fused-ring (bicyclic) bond motifs is 1. The number of pyridine rings is 1. The first-order chi connectivity index (χ1) is 19.1. The summed E-state index contributed by atoms with van der Waals surface area (Å²) in [5.74, 6) is 1.54. The number of para-hydroxylation sites is 2. The van der Waals surface area contributed by atoms with Crippen molar-refractivity contribution >= 4 is 16.6 Å². The number of piperazine rings is 1. The average molecular weight is 530 g/mol. The second kappa shape index (κ2) is 11.2. The van der Waals surface area contributed by atoms with Gasteiger partial charge in [0, 0.05) is 43.9 Å². The Morgan fingerprint density at radius 2 is 1.97 bits per heavy atom. The number of H-pyrrole nitrogens is 1. The number of methoxy groups -OCH3 is 1. The maximum absolute atomic E-state index is 13.6. The van der Waals surface area contributed by atoms with Crippen molar-refractivity contribution in [2.45, 2.75) is 44.9 Å². The summed E-state index contributed by atoms with van der Waals surface area (Å²) in [5.41, 5.74) is 3.68. The van der Waals surface area contributed by atoms with Crippen LogP contribution in [0, 0.1) is 0 Å². The molecule has 10 heteroatoms. The highest BCUT2D eigenvalue weighted by molar-refractivity contribution is 5.80. The lowest BCUT2D eigenvalue weighted by Crippen LogP contribution is -2.49. The molecule has 0 aliphatic carbocycles. The fourth-order valence-electron chi connectivity index (χ4n) is 5.83. The van der Waals surface area contributed by atoms with Gasteiger partial charge < -0.3 is 19.4 Å².